The largest absolute Gasteiger partial charge is 0.504 e. The first-order chi connectivity index (χ1) is 11.0. The number of fused-ring (bicyclic) bond motifs is 6. The molecule has 4 rings (SSSR count). The highest BCUT2D eigenvalue weighted by atomic mass is 16.3. The Labute approximate surface area is 134 Å². The third-order valence-electron chi connectivity index (χ3n) is 5.18. The first kappa shape index (κ1) is 14.2. The summed E-state index contributed by atoms with van der Waals surface area (Å²) in [6.07, 6.45) is 1.40. The van der Waals surface area contributed by atoms with Crippen molar-refractivity contribution in [2.45, 2.75) is 31.8 Å². The van der Waals surface area contributed by atoms with Gasteiger partial charge in [0.15, 0.2) is 23.0 Å². The van der Waals surface area contributed by atoms with E-state index in [0.717, 1.165) is 28.8 Å². The fourth-order valence-corrected chi connectivity index (χ4v) is 4.13. The molecule has 2 heterocycles. The minimum Gasteiger partial charge on any atom is -0.504 e. The Morgan fingerprint density at radius 2 is 1.17 bits per heavy atom. The lowest BCUT2D eigenvalue weighted by atomic mass is 9.76. The molecular formula is C18H19NO4. The van der Waals surface area contributed by atoms with E-state index in [1.54, 1.807) is 24.3 Å². The second-order valence-corrected chi connectivity index (χ2v) is 6.35. The number of nitrogens with zero attached hydrogens (tertiary/aromatic N) is 1. The molecule has 0 aromatic heterocycles. The number of likely N-dealkylation sites (N-methyl/N-ethyl adjacent to an activating group) is 1. The average molecular weight is 313 g/mol. The van der Waals surface area contributed by atoms with Gasteiger partial charge in [0, 0.05) is 12.1 Å². The van der Waals surface area contributed by atoms with Gasteiger partial charge in [-0.15, -0.1) is 0 Å². The maximum Gasteiger partial charge on any atom is 0.157 e. The van der Waals surface area contributed by atoms with E-state index in [2.05, 4.69) is 11.8 Å². The van der Waals surface area contributed by atoms with Gasteiger partial charge >= 0.3 is 0 Å². The zero-order valence-corrected chi connectivity index (χ0v) is 12.8. The summed E-state index contributed by atoms with van der Waals surface area (Å²) in [5.41, 5.74) is 4.10. The molecule has 0 spiro atoms. The molecule has 0 amide bonds. The van der Waals surface area contributed by atoms with Crippen LogP contribution >= 0.6 is 0 Å². The van der Waals surface area contributed by atoms with Crippen LogP contribution in [0, 0.1) is 0 Å². The molecule has 2 aliphatic heterocycles. The first-order valence-corrected chi connectivity index (χ1v) is 7.84. The summed E-state index contributed by atoms with van der Waals surface area (Å²) >= 11 is 0. The van der Waals surface area contributed by atoms with Gasteiger partial charge in [0.2, 0.25) is 0 Å². The van der Waals surface area contributed by atoms with E-state index in [0.29, 0.717) is 12.8 Å². The van der Waals surface area contributed by atoms with Gasteiger partial charge in [-0.2, -0.15) is 0 Å². The summed E-state index contributed by atoms with van der Waals surface area (Å²) in [5, 5.41) is 39.3. The smallest absolute Gasteiger partial charge is 0.157 e. The van der Waals surface area contributed by atoms with E-state index in [1.807, 2.05) is 0 Å². The molecule has 2 bridgehead atoms. The highest BCUT2D eigenvalue weighted by Crippen LogP contribution is 2.50. The molecular weight excluding hydrogens is 294 g/mol. The summed E-state index contributed by atoms with van der Waals surface area (Å²) < 4.78 is 0. The van der Waals surface area contributed by atoms with Gasteiger partial charge in [0.1, 0.15) is 0 Å². The van der Waals surface area contributed by atoms with Crippen LogP contribution in [0.25, 0.3) is 0 Å². The van der Waals surface area contributed by atoms with Crippen molar-refractivity contribution >= 4 is 0 Å². The zero-order valence-electron chi connectivity index (χ0n) is 12.8. The van der Waals surface area contributed by atoms with Gasteiger partial charge in [-0.25, -0.2) is 0 Å². The van der Waals surface area contributed by atoms with E-state index in [-0.39, 0.29) is 35.1 Å². The number of hydrogen-bond acceptors (Lipinski definition) is 5. The van der Waals surface area contributed by atoms with Gasteiger partial charge in [0.25, 0.3) is 0 Å². The molecule has 2 atom stereocenters. The molecule has 2 aromatic carbocycles. The molecule has 5 heteroatoms. The summed E-state index contributed by atoms with van der Waals surface area (Å²) in [7, 11) is 0. The highest BCUT2D eigenvalue weighted by molar-refractivity contribution is 5.54. The van der Waals surface area contributed by atoms with E-state index in [4.69, 9.17) is 0 Å². The van der Waals surface area contributed by atoms with Crippen LogP contribution in [0.5, 0.6) is 23.0 Å². The average Bonchev–Trinajstić information content (AvgIpc) is 2.51. The number of aromatic hydroxyl groups is 4. The summed E-state index contributed by atoms with van der Waals surface area (Å²) in [4.78, 5) is 2.34. The van der Waals surface area contributed by atoms with Gasteiger partial charge in [0.05, 0.1) is 0 Å². The Bertz CT molecular complexity index is 737. The molecule has 0 fully saturated rings. The Morgan fingerprint density at radius 3 is 1.57 bits per heavy atom. The molecule has 2 unspecified atom stereocenters. The van der Waals surface area contributed by atoms with Crippen molar-refractivity contribution in [3.05, 3.63) is 46.5 Å². The van der Waals surface area contributed by atoms with Gasteiger partial charge in [-0.3, -0.25) is 4.90 Å². The normalized spacial score (nSPS) is 22.5. The van der Waals surface area contributed by atoms with Crippen molar-refractivity contribution in [2.75, 3.05) is 6.54 Å². The third-order valence-corrected chi connectivity index (χ3v) is 5.18. The summed E-state index contributed by atoms with van der Waals surface area (Å²) in [5.74, 6) is -0.392. The SMILES string of the molecule is CCN1C2Cc3cc(O)c(O)cc3C1Cc1cc(O)c(O)cc12. The molecule has 2 aromatic rings. The van der Waals surface area contributed by atoms with Crippen LogP contribution in [-0.2, 0) is 12.8 Å². The number of hydrogen-bond donors (Lipinski definition) is 4. The number of benzene rings is 2. The van der Waals surface area contributed by atoms with Gasteiger partial charge in [-0.05, 0) is 65.9 Å². The molecule has 120 valence electrons. The predicted molar refractivity (Wildman–Crippen MR) is 84.8 cm³/mol. The second kappa shape index (κ2) is 4.80. The maximum absolute atomic E-state index is 9.87. The van der Waals surface area contributed by atoms with Crippen LogP contribution in [0.3, 0.4) is 0 Å². The molecule has 4 N–H and O–H groups in total. The van der Waals surface area contributed by atoms with Crippen molar-refractivity contribution in [1.29, 1.82) is 0 Å². The van der Waals surface area contributed by atoms with Crippen molar-refractivity contribution in [3.8, 4) is 23.0 Å². The third kappa shape index (κ3) is 1.96. The van der Waals surface area contributed by atoms with E-state index in [1.165, 1.54) is 0 Å². The number of phenolic OH excluding ortho intramolecular Hbond substituents is 4. The van der Waals surface area contributed by atoms with Crippen LogP contribution in [-0.4, -0.2) is 31.9 Å². The molecule has 0 radical (unpaired) electrons. The summed E-state index contributed by atoms with van der Waals surface area (Å²) in [6.45, 7) is 2.94. The highest BCUT2D eigenvalue weighted by Gasteiger charge is 2.40. The standard InChI is InChI=1S/C18H19NO4/c1-2-19-13-3-9-5-15(20)17(22)7-11(9)14(19)4-10-6-16(21)18(23)8-12(10)13/h5-8,13-14,20-23H,2-4H2,1H3. The Hall–Kier alpha value is -2.40. The van der Waals surface area contributed by atoms with Gasteiger partial charge < -0.3 is 20.4 Å². The maximum atomic E-state index is 9.87. The van der Waals surface area contributed by atoms with Crippen LogP contribution in [0.15, 0.2) is 24.3 Å². The fraction of sp³-hybridized carbons (Fsp3) is 0.333. The van der Waals surface area contributed by atoms with Crippen LogP contribution in [0.2, 0.25) is 0 Å². The summed E-state index contributed by atoms with van der Waals surface area (Å²) in [6, 6.07) is 6.78. The zero-order chi connectivity index (χ0) is 16.3. The molecule has 0 saturated carbocycles. The van der Waals surface area contributed by atoms with Crippen LogP contribution < -0.4 is 0 Å². The van der Waals surface area contributed by atoms with E-state index < -0.39 is 0 Å². The Kier molecular flexibility index (Phi) is 2.96. The lowest BCUT2D eigenvalue weighted by molar-refractivity contribution is 0.108. The minimum atomic E-state index is -0.0994. The molecule has 2 aliphatic rings. The number of rotatable bonds is 1. The predicted octanol–water partition coefficient (Wildman–Crippen LogP) is 2.73. The second-order valence-electron chi connectivity index (χ2n) is 6.35. The van der Waals surface area contributed by atoms with Crippen molar-refractivity contribution in [1.82, 2.24) is 4.90 Å². The number of phenols is 4. The quantitative estimate of drug-likeness (QED) is 0.608. The van der Waals surface area contributed by atoms with Crippen LogP contribution in [0.4, 0.5) is 0 Å². The van der Waals surface area contributed by atoms with Crippen molar-refractivity contribution in [3.63, 3.8) is 0 Å². The fourth-order valence-electron chi connectivity index (χ4n) is 4.13. The molecule has 5 nitrogen and oxygen atoms in total. The minimum absolute atomic E-state index is 0.0942. The lowest BCUT2D eigenvalue weighted by Crippen LogP contribution is -2.42. The molecule has 23 heavy (non-hydrogen) atoms. The van der Waals surface area contributed by atoms with E-state index in [9.17, 15) is 20.4 Å². The van der Waals surface area contributed by atoms with Crippen molar-refractivity contribution < 1.29 is 20.4 Å². The first-order valence-electron chi connectivity index (χ1n) is 7.84. The van der Waals surface area contributed by atoms with Gasteiger partial charge in [-0.1, -0.05) is 6.92 Å². The van der Waals surface area contributed by atoms with Crippen molar-refractivity contribution in [2.24, 2.45) is 0 Å². The molecule has 0 saturated heterocycles. The van der Waals surface area contributed by atoms with E-state index >= 15 is 0 Å². The van der Waals surface area contributed by atoms with Crippen LogP contribution in [0.1, 0.15) is 41.3 Å². The topological polar surface area (TPSA) is 84.2 Å². The molecule has 0 aliphatic carbocycles. The Morgan fingerprint density at radius 1 is 0.783 bits per heavy atom. The monoisotopic (exact) mass is 313 g/mol. The Balaban J connectivity index is 1.90. The lowest BCUT2D eigenvalue weighted by Gasteiger charge is -2.47.